The molecule has 0 spiro atoms. The summed E-state index contributed by atoms with van der Waals surface area (Å²) in [6.07, 6.45) is 1.83. The second kappa shape index (κ2) is 5.86. The molecule has 1 fully saturated rings. The summed E-state index contributed by atoms with van der Waals surface area (Å²) in [5.74, 6) is 0.598. The van der Waals surface area contributed by atoms with Gasteiger partial charge in [0, 0.05) is 26.2 Å². The monoisotopic (exact) mass is 278 g/mol. The third-order valence-corrected chi connectivity index (χ3v) is 5.37. The number of piperidine rings is 1. The molecule has 0 amide bonds. The van der Waals surface area contributed by atoms with Crippen molar-refractivity contribution in [2.75, 3.05) is 26.2 Å². The molecule has 5 nitrogen and oxygen atoms in total. The Labute approximate surface area is 111 Å². The zero-order chi connectivity index (χ0) is 14.0. The van der Waals surface area contributed by atoms with Gasteiger partial charge in [-0.2, -0.15) is 17.0 Å². The van der Waals surface area contributed by atoms with Gasteiger partial charge >= 0.3 is 0 Å². The van der Waals surface area contributed by atoms with Crippen LogP contribution in [0.2, 0.25) is 0 Å². The van der Waals surface area contributed by atoms with Crippen molar-refractivity contribution in [3.8, 4) is 0 Å². The second-order valence-electron chi connectivity index (χ2n) is 5.83. The highest BCUT2D eigenvalue weighted by Gasteiger charge is 2.33. The van der Waals surface area contributed by atoms with Gasteiger partial charge in [-0.15, -0.1) is 0 Å². The van der Waals surface area contributed by atoms with Crippen molar-refractivity contribution in [2.45, 2.75) is 46.1 Å². The Balaban J connectivity index is 2.77. The van der Waals surface area contributed by atoms with Crippen molar-refractivity contribution in [3.05, 3.63) is 0 Å². The van der Waals surface area contributed by atoms with Gasteiger partial charge in [-0.3, -0.25) is 0 Å². The van der Waals surface area contributed by atoms with E-state index in [4.69, 9.17) is 0 Å². The Morgan fingerprint density at radius 1 is 1.33 bits per heavy atom. The Kier molecular flexibility index (Phi) is 5.17. The van der Waals surface area contributed by atoms with Crippen LogP contribution in [0.1, 0.15) is 40.5 Å². The molecule has 0 aromatic carbocycles. The summed E-state index contributed by atoms with van der Waals surface area (Å²) >= 11 is 0. The lowest BCUT2D eigenvalue weighted by Crippen LogP contribution is -2.50. The summed E-state index contributed by atoms with van der Waals surface area (Å²) in [7, 11) is -3.42. The number of nitrogens with zero attached hydrogens (tertiary/aromatic N) is 2. The van der Waals surface area contributed by atoms with Crippen LogP contribution in [0.15, 0.2) is 0 Å². The van der Waals surface area contributed by atoms with Crippen molar-refractivity contribution in [1.29, 1.82) is 0 Å². The van der Waals surface area contributed by atoms with Crippen LogP contribution in [-0.2, 0) is 10.2 Å². The average Bonchev–Trinajstić information content (AvgIpc) is 2.25. The first-order valence-electron chi connectivity index (χ1n) is 6.64. The van der Waals surface area contributed by atoms with E-state index in [0.717, 1.165) is 12.8 Å². The van der Waals surface area contributed by atoms with Gasteiger partial charge in [0.2, 0.25) is 0 Å². The van der Waals surface area contributed by atoms with Gasteiger partial charge in [-0.05, 0) is 32.6 Å². The van der Waals surface area contributed by atoms with Gasteiger partial charge in [0.05, 0.1) is 5.60 Å². The molecule has 0 saturated carbocycles. The number of hydrogen-bond donors (Lipinski definition) is 1. The second-order valence-corrected chi connectivity index (χ2v) is 7.76. The molecule has 1 aliphatic rings. The molecule has 1 rings (SSSR count). The molecule has 18 heavy (non-hydrogen) atoms. The Bertz CT molecular complexity index is 354. The molecule has 0 aliphatic carbocycles. The Hall–Kier alpha value is -0.170. The van der Waals surface area contributed by atoms with Crippen molar-refractivity contribution >= 4 is 10.2 Å². The SMILES string of the molecule is CCN(CC(C)(C)O)S(=O)(=O)N1CCC(C)CC1. The van der Waals surface area contributed by atoms with Crippen molar-refractivity contribution < 1.29 is 13.5 Å². The number of hydrogen-bond acceptors (Lipinski definition) is 3. The molecule has 0 aromatic rings. The number of aliphatic hydroxyl groups is 1. The first kappa shape index (κ1) is 15.9. The molecule has 0 atom stereocenters. The van der Waals surface area contributed by atoms with E-state index in [2.05, 4.69) is 6.92 Å². The minimum Gasteiger partial charge on any atom is -0.389 e. The van der Waals surface area contributed by atoms with Crippen LogP contribution in [0, 0.1) is 5.92 Å². The zero-order valence-electron chi connectivity index (χ0n) is 11.9. The minimum absolute atomic E-state index is 0.137. The van der Waals surface area contributed by atoms with Crippen molar-refractivity contribution in [3.63, 3.8) is 0 Å². The molecular weight excluding hydrogens is 252 g/mol. The summed E-state index contributed by atoms with van der Waals surface area (Å²) in [6.45, 7) is 8.91. The summed E-state index contributed by atoms with van der Waals surface area (Å²) in [5.41, 5.74) is -1.01. The quantitative estimate of drug-likeness (QED) is 0.818. The molecule has 1 N–H and O–H groups in total. The maximum absolute atomic E-state index is 12.4. The van der Waals surface area contributed by atoms with Gasteiger partial charge in [-0.1, -0.05) is 13.8 Å². The molecule has 1 saturated heterocycles. The van der Waals surface area contributed by atoms with Crippen LogP contribution < -0.4 is 0 Å². The summed E-state index contributed by atoms with van der Waals surface area (Å²) in [6, 6.07) is 0. The summed E-state index contributed by atoms with van der Waals surface area (Å²) < 4.78 is 27.8. The van der Waals surface area contributed by atoms with Crippen LogP contribution >= 0.6 is 0 Å². The third kappa shape index (κ3) is 4.19. The standard InChI is InChI=1S/C12H26N2O3S/c1-5-13(10-12(3,4)15)18(16,17)14-8-6-11(2)7-9-14/h11,15H,5-10H2,1-4H3. The van der Waals surface area contributed by atoms with E-state index in [1.165, 1.54) is 4.31 Å². The maximum Gasteiger partial charge on any atom is 0.282 e. The fourth-order valence-electron chi connectivity index (χ4n) is 2.17. The molecule has 6 heteroatoms. The average molecular weight is 278 g/mol. The Morgan fingerprint density at radius 2 is 1.83 bits per heavy atom. The lowest BCUT2D eigenvalue weighted by atomic mass is 10.0. The normalized spacial score (nSPS) is 20.6. The fourth-order valence-corrected chi connectivity index (χ4v) is 3.97. The minimum atomic E-state index is -3.42. The topological polar surface area (TPSA) is 60.9 Å². The van der Waals surface area contributed by atoms with Gasteiger partial charge in [0.25, 0.3) is 10.2 Å². The predicted molar refractivity (Wildman–Crippen MR) is 72.4 cm³/mol. The molecule has 1 aliphatic heterocycles. The largest absolute Gasteiger partial charge is 0.389 e. The van der Waals surface area contributed by atoms with Gasteiger partial charge in [0.1, 0.15) is 0 Å². The van der Waals surface area contributed by atoms with Gasteiger partial charge in [0.15, 0.2) is 0 Å². The maximum atomic E-state index is 12.4. The fraction of sp³-hybridized carbons (Fsp3) is 1.00. The first-order valence-corrected chi connectivity index (χ1v) is 8.04. The van der Waals surface area contributed by atoms with Crippen molar-refractivity contribution in [1.82, 2.24) is 8.61 Å². The van der Waals surface area contributed by atoms with Crippen molar-refractivity contribution in [2.24, 2.45) is 5.92 Å². The molecule has 0 unspecified atom stereocenters. The van der Waals surface area contributed by atoms with E-state index in [0.29, 0.717) is 25.6 Å². The smallest absolute Gasteiger partial charge is 0.282 e. The van der Waals surface area contributed by atoms with Crippen LogP contribution in [0.4, 0.5) is 0 Å². The summed E-state index contributed by atoms with van der Waals surface area (Å²) in [5, 5.41) is 9.80. The van der Waals surface area contributed by atoms with E-state index in [1.807, 2.05) is 0 Å². The van der Waals surface area contributed by atoms with Crippen LogP contribution in [-0.4, -0.2) is 53.9 Å². The molecular formula is C12H26N2O3S. The van der Waals surface area contributed by atoms with E-state index in [1.54, 1.807) is 25.1 Å². The first-order chi connectivity index (χ1) is 8.16. The van der Waals surface area contributed by atoms with Crippen LogP contribution in [0.5, 0.6) is 0 Å². The van der Waals surface area contributed by atoms with Gasteiger partial charge in [-0.25, -0.2) is 0 Å². The molecule has 1 heterocycles. The lowest BCUT2D eigenvalue weighted by molar-refractivity contribution is 0.0580. The van der Waals surface area contributed by atoms with E-state index < -0.39 is 15.8 Å². The lowest BCUT2D eigenvalue weighted by Gasteiger charge is -2.35. The predicted octanol–water partition coefficient (Wildman–Crippen LogP) is 1.06. The van der Waals surface area contributed by atoms with Crippen LogP contribution in [0.25, 0.3) is 0 Å². The highest BCUT2D eigenvalue weighted by Crippen LogP contribution is 2.21. The number of likely N-dealkylation sites (N-methyl/N-ethyl adjacent to an activating group) is 1. The summed E-state index contributed by atoms with van der Waals surface area (Å²) in [4.78, 5) is 0. The van der Waals surface area contributed by atoms with Gasteiger partial charge < -0.3 is 5.11 Å². The Morgan fingerprint density at radius 3 is 2.22 bits per heavy atom. The molecule has 0 bridgehead atoms. The molecule has 0 aromatic heterocycles. The van der Waals surface area contributed by atoms with Crippen LogP contribution in [0.3, 0.4) is 0 Å². The third-order valence-electron chi connectivity index (χ3n) is 3.31. The van der Waals surface area contributed by atoms with E-state index in [-0.39, 0.29) is 6.54 Å². The molecule has 0 radical (unpaired) electrons. The molecule has 108 valence electrons. The number of rotatable bonds is 5. The highest BCUT2D eigenvalue weighted by atomic mass is 32.2. The van der Waals surface area contributed by atoms with E-state index >= 15 is 0 Å². The highest BCUT2D eigenvalue weighted by molar-refractivity contribution is 7.86. The van der Waals surface area contributed by atoms with E-state index in [9.17, 15) is 13.5 Å². The zero-order valence-corrected chi connectivity index (χ0v) is 12.7.